The predicted molar refractivity (Wildman–Crippen MR) is 48.6 cm³/mol. The third-order valence-electron chi connectivity index (χ3n) is 1.52. The molecule has 0 radical (unpaired) electrons. The second-order valence-electron chi connectivity index (χ2n) is 2.61. The summed E-state index contributed by atoms with van der Waals surface area (Å²) in [6, 6.07) is 0. The van der Waals surface area contributed by atoms with Crippen molar-refractivity contribution in [3.8, 4) is 0 Å². The van der Waals surface area contributed by atoms with Crippen LogP contribution in [0.1, 0.15) is 25.7 Å². The van der Waals surface area contributed by atoms with E-state index in [1.165, 1.54) is 12.8 Å². The van der Waals surface area contributed by atoms with Gasteiger partial charge in [-0.25, -0.2) is 0 Å². The van der Waals surface area contributed by atoms with Gasteiger partial charge in [0.15, 0.2) is 0 Å². The first-order valence-corrected chi connectivity index (χ1v) is 4.34. The van der Waals surface area contributed by atoms with Crippen LogP contribution < -0.4 is 5.32 Å². The minimum atomic E-state index is 0.291. The Kier molecular flexibility index (Phi) is 9.36. The smallest absolute Gasteiger partial charge is 0.0443 e. The van der Waals surface area contributed by atoms with Gasteiger partial charge in [-0.3, -0.25) is 0 Å². The molecule has 2 heteroatoms. The van der Waals surface area contributed by atoms with E-state index in [0.717, 1.165) is 25.9 Å². The first-order chi connectivity index (χ1) is 5.41. The molecule has 0 atom stereocenters. The fourth-order valence-electron chi connectivity index (χ4n) is 0.868. The Labute approximate surface area is 69.3 Å². The second kappa shape index (κ2) is 9.66. The lowest BCUT2D eigenvalue weighted by atomic mass is 10.2. The molecule has 0 amide bonds. The highest BCUT2D eigenvalue weighted by Gasteiger charge is 1.86. The van der Waals surface area contributed by atoms with Crippen LogP contribution >= 0.6 is 0 Å². The lowest BCUT2D eigenvalue weighted by Gasteiger charge is -2.01. The van der Waals surface area contributed by atoms with Crippen molar-refractivity contribution < 1.29 is 5.11 Å². The van der Waals surface area contributed by atoms with Crippen molar-refractivity contribution >= 4 is 0 Å². The van der Waals surface area contributed by atoms with Gasteiger partial charge in [0.05, 0.1) is 0 Å². The van der Waals surface area contributed by atoms with Crippen LogP contribution in [0.15, 0.2) is 12.7 Å². The molecule has 0 fully saturated rings. The van der Waals surface area contributed by atoms with Gasteiger partial charge in [-0.1, -0.05) is 6.08 Å². The molecule has 0 aromatic heterocycles. The van der Waals surface area contributed by atoms with E-state index in [1.807, 2.05) is 6.08 Å². The summed E-state index contributed by atoms with van der Waals surface area (Å²) in [6.45, 7) is 5.94. The number of unbranched alkanes of at least 4 members (excludes halogenated alkanes) is 2. The summed E-state index contributed by atoms with van der Waals surface area (Å²) in [5.74, 6) is 0. The van der Waals surface area contributed by atoms with Gasteiger partial charge in [0.2, 0.25) is 0 Å². The summed E-state index contributed by atoms with van der Waals surface area (Å²) in [5, 5.41) is 11.7. The van der Waals surface area contributed by atoms with Gasteiger partial charge in [0.1, 0.15) is 0 Å². The summed E-state index contributed by atoms with van der Waals surface area (Å²) in [7, 11) is 0. The molecule has 0 aliphatic rings. The average Bonchev–Trinajstić information content (AvgIpc) is 2.03. The van der Waals surface area contributed by atoms with Crippen molar-refractivity contribution in [1.29, 1.82) is 0 Å². The molecule has 0 unspecified atom stereocenters. The molecule has 0 heterocycles. The molecule has 0 aliphatic heterocycles. The summed E-state index contributed by atoms with van der Waals surface area (Å²) >= 11 is 0. The molecular formula is C9H19NO. The number of allylic oxidation sites excluding steroid dienone is 1. The second-order valence-corrected chi connectivity index (χ2v) is 2.61. The van der Waals surface area contributed by atoms with E-state index in [9.17, 15) is 0 Å². The molecule has 11 heavy (non-hydrogen) atoms. The van der Waals surface area contributed by atoms with Gasteiger partial charge in [0, 0.05) is 6.61 Å². The van der Waals surface area contributed by atoms with Gasteiger partial charge in [-0.2, -0.15) is 0 Å². The van der Waals surface area contributed by atoms with Crippen LogP contribution in [0, 0.1) is 0 Å². The lowest BCUT2D eigenvalue weighted by Crippen LogP contribution is -2.17. The molecular weight excluding hydrogens is 138 g/mol. The molecule has 2 N–H and O–H groups in total. The Morgan fingerprint density at radius 1 is 1.18 bits per heavy atom. The van der Waals surface area contributed by atoms with Crippen LogP contribution in [-0.2, 0) is 0 Å². The quantitative estimate of drug-likeness (QED) is 0.411. The zero-order valence-electron chi connectivity index (χ0n) is 7.18. The number of hydrogen-bond donors (Lipinski definition) is 2. The predicted octanol–water partition coefficient (Wildman–Crippen LogP) is 1.31. The van der Waals surface area contributed by atoms with Crippen molar-refractivity contribution in [3.63, 3.8) is 0 Å². The number of nitrogens with one attached hydrogen (secondary N) is 1. The van der Waals surface area contributed by atoms with Crippen molar-refractivity contribution in [1.82, 2.24) is 5.32 Å². The topological polar surface area (TPSA) is 32.3 Å². The van der Waals surface area contributed by atoms with E-state index in [4.69, 9.17) is 5.11 Å². The third-order valence-corrected chi connectivity index (χ3v) is 1.52. The van der Waals surface area contributed by atoms with Crippen LogP contribution in [0.2, 0.25) is 0 Å². The maximum Gasteiger partial charge on any atom is 0.0443 e. The zero-order valence-corrected chi connectivity index (χ0v) is 7.18. The molecule has 0 aromatic rings. The van der Waals surface area contributed by atoms with E-state index >= 15 is 0 Å². The van der Waals surface area contributed by atoms with Crippen LogP contribution in [0.5, 0.6) is 0 Å². The molecule has 2 nitrogen and oxygen atoms in total. The van der Waals surface area contributed by atoms with E-state index in [1.54, 1.807) is 0 Å². The van der Waals surface area contributed by atoms with E-state index in [2.05, 4.69) is 11.9 Å². The average molecular weight is 157 g/mol. The summed E-state index contributed by atoms with van der Waals surface area (Å²) in [5.41, 5.74) is 0. The molecule has 0 aliphatic carbocycles. The SMILES string of the molecule is C=CCCCCNCCCO. The molecule has 0 saturated carbocycles. The molecule has 0 rings (SSSR count). The highest BCUT2D eigenvalue weighted by Crippen LogP contribution is 1.93. The monoisotopic (exact) mass is 157 g/mol. The van der Waals surface area contributed by atoms with Crippen LogP contribution in [-0.4, -0.2) is 24.8 Å². The fraction of sp³-hybridized carbons (Fsp3) is 0.778. The molecule has 0 saturated heterocycles. The minimum absolute atomic E-state index is 0.291. The minimum Gasteiger partial charge on any atom is -0.396 e. The van der Waals surface area contributed by atoms with Crippen molar-refractivity contribution in [3.05, 3.63) is 12.7 Å². The number of aliphatic hydroxyl groups is 1. The van der Waals surface area contributed by atoms with E-state index in [0.29, 0.717) is 6.61 Å². The van der Waals surface area contributed by atoms with Crippen LogP contribution in [0.3, 0.4) is 0 Å². The first-order valence-electron chi connectivity index (χ1n) is 4.34. The third kappa shape index (κ3) is 9.66. The van der Waals surface area contributed by atoms with Gasteiger partial charge >= 0.3 is 0 Å². The van der Waals surface area contributed by atoms with Gasteiger partial charge in [-0.05, 0) is 38.8 Å². The Balaban J connectivity index is 2.74. The van der Waals surface area contributed by atoms with Gasteiger partial charge in [0.25, 0.3) is 0 Å². The maximum absolute atomic E-state index is 8.45. The lowest BCUT2D eigenvalue weighted by molar-refractivity contribution is 0.286. The number of rotatable bonds is 8. The van der Waals surface area contributed by atoms with Gasteiger partial charge in [-0.15, -0.1) is 6.58 Å². The highest BCUT2D eigenvalue weighted by molar-refractivity contribution is 4.65. The highest BCUT2D eigenvalue weighted by atomic mass is 16.3. The first kappa shape index (κ1) is 10.7. The molecule has 0 aromatic carbocycles. The summed E-state index contributed by atoms with van der Waals surface area (Å²) in [6.07, 6.45) is 6.35. The Morgan fingerprint density at radius 3 is 2.55 bits per heavy atom. The van der Waals surface area contributed by atoms with E-state index < -0.39 is 0 Å². The molecule has 0 bridgehead atoms. The Bertz CT molecular complexity index is 83.6. The van der Waals surface area contributed by atoms with Crippen molar-refractivity contribution in [2.75, 3.05) is 19.7 Å². The normalized spacial score (nSPS) is 9.91. The zero-order chi connectivity index (χ0) is 8.36. The number of hydrogen-bond acceptors (Lipinski definition) is 2. The Hall–Kier alpha value is -0.340. The van der Waals surface area contributed by atoms with Crippen molar-refractivity contribution in [2.45, 2.75) is 25.7 Å². The largest absolute Gasteiger partial charge is 0.396 e. The number of aliphatic hydroxyl groups excluding tert-OH is 1. The van der Waals surface area contributed by atoms with Gasteiger partial charge < -0.3 is 10.4 Å². The molecule has 0 spiro atoms. The summed E-state index contributed by atoms with van der Waals surface area (Å²) < 4.78 is 0. The standard InChI is InChI=1S/C9H19NO/c1-2-3-4-5-7-10-8-6-9-11/h2,10-11H,1,3-9H2. The maximum atomic E-state index is 8.45. The summed E-state index contributed by atoms with van der Waals surface area (Å²) in [4.78, 5) is 0. The van der Waals surface area contributed by atoms with Crippen LogP contribution in [0.4, 0.5) is 0 Å². The van der Waals surface area contributed by atoms with Crippen LogP contribution in [0.25, 0.3) is 0 Å². The fourth-order valence-corrected chi connectivity index (χ4v) is 0.868. The Morgan fingerprint density at radius 2 is 1.91 bits per heavy atom. The van der Waals surface area contributed by atoms with E-state index in [-0.39, 0.29) is 0 Å². The molecule has 66 valence electrons. The van der Waals surface area contributed by atoms with Crippen molar-refractivity contribution in [2.24, 2.45) is 0 Å².